The number of rotatable bonds is 4. The molecule has 2 aliphatic rings. The van der Waals surface area contributed by atoms with Gasteiger partial charge in [0.25, 0.3) is 0 Å². The number of anilines is 1. The van der Waals surface area contributed by atoms with Crippen LogP contribution in [0.3, 0.4) is 0 Å². The Labute approximate surface area is 165 Å². The third-order valence-electron chi connectivity index (χ3n) is 6.12. The number of halogens is 1. The minimum Gasteiger partial charge on any atom is -0.382 e. The van der Waals surface area contributed by atoms with E-state index in [0.29, 0.717) is 19.0 Å². The predicted molar refractivity (Wildman–Crippen MR) is 110 cm³/mol. The van der Waals surface area contributed by atoms with Gasteiger partial charge in [-0.05, 0) is 50.5 Å². The topological polar surface area (TPSA) is 48.5 Å². The number of piperidine rings is 1. The van der Waals surface area contributed by atoms with Crippen molar-refractivity contribution in [2.24, 2.45) is 0 Å². The summed E-state index contributed by atoms with van der Waals surface area (Å²) < 4.78 is 13.5. The first-order chi connectivity index (χ1) is 13.5. The van der Waals surface area contributed by atoms with E-state index in [4.69, 9.17) is 0 Å². The Morgan fingerprint density at radius 1 is 1.29 bits per heavy atom. The number of nitrogens with one attached hydrogen (secondary N) is 1. The second-order valence-corrected chi connectivity index (χ2v) is 8.25. The largest absolute Gasteiger partial charge is 0.382 e. The summed E-state index contributed by atoms with van der Waals surface area (Å²) in [6, 6.07) is 8.74. The molecule has 0 unspecified atom stereocenters. The molecule has 0 bridgehead atoms. The van der Waals surface area contributed by atoms with E-state index in [9.17, 15) is 9.18 Å². The third-order valence-corrected chi connectivity index (χ3v) is 6.12. The van der Waals surface area contributed by atoms with Crippen LogP contribution in [0.4, 0.5) is 10.1 Å². The number of fused-ring (bicyclic) bond motifs is 1. The van der Waals surface area contributed by atoms with Gasteiger partial charge in [0.05, 0.1) is 18.6 Å². The number of likely N-dealkylation sites (tertiary alicyclic amines) is 2. The summed E-state index contributed by atoms with van der Waals surface area (Å²) in [5.41, 5.74) is 3.35. The van der Waals surface area contributed by atoms with E-state index in [0.717, 1.165) is 42.5 Å². The molecule has 2 aliphatic heterocycles. The van der Waals surface area contributed by atoms with Crippen molar-refractivity contribution in [2.75, 3.05) is 31.5 Å². The number of carbonyl (C=O) groups is 1. The van der Waals surface area contributed by atoms with Crippen molar-refractivity contribution in [1.82, 2.24) is 14.8 Å². The van der Waals surface area contributed by atoms with Crippen LogP contribution in [0.2, 0.25) is 0 Å². The van der Waals surface area contributed by atoms with Crippen LogP contribution in [0.1, 0.15) is 31.7 Å². The van der Waals surface area contributed by atoms with Crippen LogP contribution in [0.15, 0.2) is 30.5 Å². The van der Waals surface area contributed by atoms with Crippen LogP contribution in [0.5, 0.6) is 0 Å². The van der Waals surface area contributed by atoms with Gasteiger partial charge < -0.3 is 10.2 Å². The van der Waals surface area contributed by atoms with Crippen molar-refractivity contribution in [3.63, 3.8) is 0 Å². The van der Waals surface area contributed by atoms with Gasteiger partial charge in [-0.1, -0.05) is 6.07 Å². The zero-order chi connectivity index (χ0) is 19.7. The molecule has 2 aromatic rings. The SMILES string of the molecule is Cc1ccc(NC2CCN(CC(=O)N3C[C@@H](F)C[C@H]3C)CC2)c2cccnc12. The van der Waals surface area contributed by atoms with Crippen molar-refractivity contribution in [1.29, 1.82) is 0 Å². The Kier molecular flexibility index (Phi) is 5.49. The van der Waals surface area contributed by atoms with Crippen LogP contribution in [0, 0.1) is 6.92 Å². The summed E-state index contributed by atoms with van der Waals surface area (Å²) in [7, 11) is 0. The lowest BCUT2D eigenvalue weighted by atomic mass is 10.0. The Hall–Kier alpha value is -2.21. The number of aryl methyl sites for hydroxylation is 1. The zero-order valence-corrected chi connectivity index (χ0v) is 16.7. The highest BCUT2D eigenvalue weighted by Gasteiger charge is 2.33. The minimum atomic E-state index is -0.868. The molecular formula is C22H29FN4O. The molecule has 1 aromatic heterocycles. The fourth-order valence-corrected chi connectivity index (χ4v) is 4.49. The van der Waals surface area contributed by atoms with Gasteiger partial charge >= 0.3 is 0 Å². The monoisotopic (exact) mass is 384 g/mol. The molecule has 6 heteroatoms. The number of hydrogen-bond acceptors (Lipinski definition) is 4. The molecule has 0 aliphatic carbocycles. The van der Waals surface area contributed by atoms with Gasteiger partial charge in [-0.2, -0.15) is 0 Å². The number of amides is 1. The summed E-state index contributed by atoms with van der Waals surface area (Å²) in [4.78, 5) is 20.9. The van der Waals surface area contributed by atoms with Crippen molar-refractivity contribution < 1.29 is 9.18 Å². The fourth-order valence-electron chi connectivity index (χ4n) is 4.49. The molecule has 150 valence electrons. The lowest BCUT2D eigenvalue weighted by Gasteiger charge is -2.34. The van der Waals surface area contributed by atoms with Crippen molar-refractivity contribution >= 4 is 22.5 Å². The number of alkyl halides is 1. The lowest BCUT2D eigenvalue weighted by molar-refractivity contribution is -0.133. The molecule has 0 radical (unpaired) electrons. The Morgan fingerprint density at radius 2 is 2.07 bits per heavy atom. The number of benzene rings is 1. The normalized spacial score (nSPS) is 24.0. The van der Waals surface area contributed by atoms with Gasteiger partial charge in [-0.15, -0.1) is 0 Å². The number of hydrogen-bond donors (Lipinski definition) is 1. The summed E-state index contributed by atoms with van der Waals surface area (Å²) in [5.74, 6) is 0.0645. The van der Waals surface area contributed by atoms with E-state index in [2.05, 4.69) is 40.3 Å². The molecule has 2 fully saturated rings. The van der Waals surface area contributed by atoms with Crippen LogP contribution in [0.25, 0.3) is 10.9 Å². The van der Waals surface area contributed by atoms with Crippen LogP contribution >= 0.6 is 0 Å². The Morgan fingerprint density at radius 3 is 2.79 bits per heavy atom. The van der Waals surface area contributed by atoms with E-state index in [1.165, 1.54) is 5.56 Å². The van der Waals surface area contributed by atoms with Gasteiger partial charge in [0.2, 0.25) is 5.91 Å². The van der Waals surface area contributed by atoms with Gasteiger partial charge in [0, 0.05) is 48.9 Å². The van der Waals surface area contributed by atoms with Gasteiger partial charge in [0.1, 0.15) is 6.17 Å². The summed E-state index contributed by atoms with van der Waals surface area (Å²) >= 11 is 0. The molecule has 1 N–H and O–H groups in total. The van der Waals surface area contributed by atoms with E-state index < -0.39 is 6.17 Å². The van der Waals surface area contributed by atoms with E-state index in [1.54, 1.807) is 4.90 Å². The van der Waals surface area contributed by atoms with Crippen molar-refractivity contribution in [2.45, 2.75) is 51.4 Å². The first kappa shape index (κ1) is 19.1. The second-order valence-electron chi connectivity index (χ2n) is 8.25. The first-order valence-corrected chi connectivity index (χ1v) is 10.3. The Balaban J connectivity index is 1.33. The molecule has 5 nitrogen and oxygen atoms in total. The zero-order valence-electron chi connectivity index (χ0n) is 16.7. The van der Waals surface area contributed by atoms with Crippen molar-refractivity contribution in [3.05, 3.63) is 36.0 Å². The van der Waals surface area contributed by atoms with E-state index in [-0.39, 0.29) is 18.5 Å². The van der Waals surface area contributed by atoms with Gasteiger partial charge in [0.15, 0.2) is 0 Å². The molecule has 0 spiro atoms. The van der Waals surface area contributed by atoms with Gasteiger partial charge in [-0.3, -0.25) is 14.7 Å². The number of nitrogens with zero attached hydrogens (tertiary/aromatic N) is 3. The predicted octanol–water partition coefficient (Wildman–Crippen LogP) is 3.38. The highest BCUT2D eigenvalue weighted by Crippen LogP contribution is 2.27. The van der Waals surface area contributed by atoms with Crippen LogP contribution in [-0.2, 0) is 4.79 Å². The summed E-state index contributed by atoms with van der Waals surface area (Å²) in [6.07, 6.45) is 3.42. The number of pyridine rings is 1. The fraction of sp³-hybridized carbons (Fsp3) is 0.545. The molecule has 1 aromatic carbocycles. The van der Waals surface area contributed by atoms with E-state index >= 15 is 0 Å². The quantitative estimate of drug-likeness (QED) is 0.878. The summed E-state index contributed by atoms with van der Waals surface area (Å²) in [5, 5.41) is 4.84. The van der Waals surface area contributed by atoms with Gasteiger partial charge in [-0.25, -0.2) is 4.39 Å². The maximum Gasteiger partial charge on any atom is 0.237 e. The highest BCUT2D eigenvalue weighted by molar-refractivity contribution is 5.93. The lowest BCUT2D eigenvalue weighted by Crippen LogP contribution is -2.46. The smallest absolute Gasteiger partial charge is 0.237 e. The summed E-state index contributed by atoms with van der Waals surface area (Å²) in [6.45, 7) is 6.45. The first-order valence-electron chi connectivity index (χ1n) is 10.3. The molecule has 1 amide bonds. The standard InChI is InChI=1S/C22H29FN4O/c1-15-5-6-20(19-4-3-9-24-22(15)19)25-18-7-10-26(11-8-18)14-21(28)27-13-17(23)12-16(27)2/h3-6,9,16-18,25H,7-8,10-14H2,1-2H3/t16-,17+/m1/s1. The molecular weight excluding hydrogens is 355 g/mol. The molecule has 0 saturated carbocycles. The van der Waals surface area contributed by atoms with Crippen molar-refractivity contribution in [3.8, 4) is 0 Å². The third kappa shape index (κ3) is 3.97. The molecule has 28 heavy (non-hydrogen) atoms. The maximum absolute atomic E-state index is 13.5. The average Bonchev–Trinajstić information content (AvgIpc) is 3.04. The molecule has 2 saturated heterocycles. The number of aromatic nitrogens is 1. The number of carbonyl (C=O) groups excluding carboxylic acids is 1. The Bertz CT molecular complexity index is 850. The average molecular weight is 384 g/mol. The highest BCUT2D eigenvalue weighted by atomic mass is 19.1. The van der Waals surface area contributed by atoms with Crippen LogP contribution < -0.4 is 5.32 Å². The molecule has 3 heterocycles. The van der Waals surface area contributed by atoms with E-state index in [1.807, 2.05) is 19.2 Å². The minimum absolute atomic E-state index is 0.0186. The molecule has 2 atom stereocenters. The van der Waals surface area contributed by atoms with Crippen LogP contribution in [-0.4, -0.2) is 65.1 Å². The molecule has 4 rings (SSSR count). The maximum atomic E-state index is 13.5. The second kappa shape index (κ2) is 8.03.